The number of likely N-dealkylation sites (N-methyl/N-ethyl adjacent to an activating group) is 1. The van der Waals surface area contributed by atoms with Crippen LogP contribution in [0.15, 0.2) is 0 Å². The smallest absolute Gasteiger partial charge is 0.306 e. The maximum absolute atomic E-state index is 11.0. The molecule has 0 radical (unpaired) electrons. The number of rotatable bonds is 4. The summed E-state index contributed by atoms with van der Waals surface area (Å²) in [6.07, 6.45) is 5.55. The SMILES string of the molecule is COC(=O)CCN(C)C1CCCCCC1O. The third-order valence-electron chi connectivity index (χ3n) is 3.41. The minimum atomic E-state index is -0.245. The van der Waals surface area contributed by atoms with Crippen LogP contribution in [0, 0.1) is 0 Å². The molecule has 0 aromatic carbocycles. The highest BCUT2D eigenvalue weighted by atomic mass is 16.5. The summed E-state index contributed by atoms with van der Waals surface area (Å²) >= 11 is 0. The van der Waals surface area contributed by atoms with Crippen LogP contribution in [0.1, 0.15) is 38.5 Å². The van der Waals surface area contributed by atoms with Gasteiger partial charge in [0.05, 0.1) is 19.6 Å². The fourth-order valence-electron chi connectivity index (χ4n) is 2.32. The number of aliphatic hydroxyl groups excluding tert-OH is 1. The standard InChI is InChI=1S/C12H23NO3/c1-13(9-8-12(15)16-2)10-6-4-3-5-7-11(10)14/h10-11,14H,3-9H2,1-2H3. The third kappa shape index (κ3) is 4.10. The lowest BCUT2D eigenvalue weighted by molar-refractivity contribution is -0.141. The fourth-order valence-corrected chi connectivity index (χ4v) is 2.32. The molecule has 0 amide bonds. The van der Waals surface area contributed by atoms with E-state index in [1.165, 1.54) is 20.0 Å². The summed E-state index contributed by atoms with van der Waals surface area (Å²) in [5.41, 5.74) is 0. The zero-order valence-corrected chi connectivity index (χ0v) is 10.3. The van der Waals surface area contributed by atoms with E-state index >= 15 is 0 Å². The van der Waals surface area contributed by atoms with E-state index < -0.39 is 0 Å². The molecule has 1 aliphatic rings. The van der Waals surface area contributed by atoms with Crippen LogP contribution in [0.25, 0.3) is 0 Å². The third-order valence-corrected chi connectivity index (χ3v) is 3.41. The van der Waals surface area contributed by atoms with Crippen LogP contribution in [0.2, 0.25) is 0 Å². The molecule has 0 heterocycles. The van der Waals surface area contributed by atoms with Crippen molar-refractivity contribution >= 4 is 5.97 Å². The maximum atomic E-state index is 11.0. The summed E-state index contributed by atoms with van der Waals surface area (Å²) in [6.45, 7) is 0.661. The minimum absolute atomic E-state index is 0.185. The Morgan fingerprint density at radius 3 is 2.75 bits per heavy atom. The van der Waals surface area contributed by atoms with Gasteiger partial charge in [0.1, 0.15) is 0 Å². The highest BCUT2D eigenvalue weighted by Gasteiger charge is 2.25. The van der Waals surface area contributed by atoms with Crippen molar-refractivity contribution in [3.05, 3.63) is 0 Å². The number of carbonyl (C=O) groups is 1. The van der Waals surface area contributed by atoms with Gasteiger partial charge in [-0.1, -0.05) is 19.3 Å². The lowest BCUT2D eigenvalue weighted by Gasteiger charge is -2.30. The summed E-state index contributed by atoms with van der Waals surface area (Å²) in [5.74, 6) is -0.185. The summed E-state index contributed by atoms with van der Waals surface area (Å²) in [4.78, 5) is 13.1. The van der Waals surface area contributed by atoms with E-state index in [9.17, 15) is 9.90 Å². The van der Waals surface area contributed by atoms with E-state index in [1.54, 1.807) is 0 Å². The second-order valence-electron chi connectivity index (χ2n) is 4.58. The lowest BCUT2D eigenvalue weighted by atomic mass is 10.0. The predicted octanol–water partition coefficient (Wildman–Crippen LogP) is 1.17. The maximum Gasteiger partial charge on any atom is 0.306 e. The average Bonchev–Trinajstić information content (AvgIpc) is 2.50. The summed E-state index contributed by atoms with van der Waals surface area (Å²) in [7, 11) is 3.38. The van der Waals surface area contributed by atoms with E-state index in [1.807, 2.05) is 7.05 Å². The minimum Gasteiger partial charge on any atom is -0.469 e. The molecule has 0 saturated heterocycles. The van der Waals surface area contributed by atoms with Crippen molar-refractivity contribution in [1.82, 2.24) is 4.90 Å². The van der Waals surface area contributed by atoms with Crippen molar-refractivity contribution in [1.29, 1.82) is 0 Å². The lowest BCUT2D eigenvalue weighted by Crippen LogP contribution is -2.41. The molecule has 1 aliphatic carbocycles. The Balaban J connectivity index is 2.38. The Morgan fingerprint density at radius 2 is 2.06 bits per heavy atom. The Hall–Kier alpha value is -0.610. The average molecular weight is 229 g/mol. The second kappa shape index (κ2) is 6.86. The number of esters is 1. The Labute approximate surface area is 97.6 Å². The molecule has 4 nitrogen and oxygen atoms in total. The molecule has 1 rings (SSSR count). The van der Waals surface area contributed by atoms with Crippen LogP contribution in [0.4, 0.5) is 0 Å². The van der Waals surface area contributed by atoms with Gasteiger partial charge in [0.15, 0.2) is 0 Å². The second-order valence-corrected chi connectivity index (χ2v) is 4.58. The van der Waals surface area contributed by atoms with Gasteiger partial charge in [0, 0.05) is 12.6 Å². The first-order valence-electron chi connectivity index (χ1n) is 6.10. The van der Waals surface area contributed by atoms with Crippen molar-refractivity contribution in [3.8, 4) is 0 Å². The van der Waals surface area contributed by atoms with Crippen molar-refractivity contribution in [2.24, 2.45) is 0 Å². The number of carbonyl (C=O) groups excluding carboxylic acids is 1. The van der Waals surface area contributed by atoms with Gasteiger partial charge in [-0.3, -0.25) is 4.79 Å². The van der Waals surface area contributed by atoms with Crippen LogP contribution in [-0.2, 0) is 9.53 Å². The van der Waals surface area contributed by atoms with E-state index in [0.29, 0.717) is 13.0 Å². The first-order valence-corrected chi connectivity index (χ1v) is 6.10. The van der Waals surface area contributed by atoms with E-state index in [2.05, 4.69) is 9.64 Å². The first-order chi connectivity index (χ1) is 7.65. The van der Waals surface area contributed by atoms with Crippen LogP contribution in [0.3, 0.4) is 0 Å². The van der Waals surface area contributed by atoms with Crippen LogP contribution in [0.5, 0.6) is 0 Å². The van der Waals surface area contributed by atoms with Crippen molar-refractivity contribution in [2.75, 3.05) is 20.7 Å². The molecule has 0 aromatic rings. The number of ether oxygens (including phenoxy) is 1. The van der Waals surface area contributed by atoms with Gasteiger partial charge in [-0.25, -0.2) is 0 Å². The fraction of sp³-hybridized carbons (Fsp3) is 0.917. The molecule has 2 atom stereocenters. The molecule has 0 aromatic heterocycles. The summed E-state index contributed by atoms with van der Waals surface area (Å²) < 4.78 is 4.61. The van der Waals surface area contributed by atoms with Crippen LogP contribution >= 0.6 is 0 Å². The van der Waals surface area contributed by atoms with Gasteiger partial charge in [-0.2, -0.15) is 0 Å². The largest absolute Gasteiger partial charge is 0.469 e. The van der Waals surface area contributed by atoms with Gasteiger partial charge >= 0.3 is 5.97 Å². The Kier molecular flexibility index (Phi) is 5.77. The number of hydrogen-bond acceptors (Lipinski definition) is 4. The van der Waals surface area contributed by atoms with Crippen molar-refractivity contribution in [3.63, 3.8) is 0 Å². The van der Waals surface area contributed by atoms with Crippen molar-refractivity contribution < 1.29 is 14.6 Å². The molecule has 0 aliphatic heterocycles. The monoisotopic (exact) mass is 229 g/mol. The molecule has 0 spiro atoms. The van der Waals surface area contributed by atoms with Gasteiger partial charge in [-0.15, -0.1) is 0 Å². The summed E-state index contributed by atoms with van der Waals surface area (Å²) in [5, 5.41) is 9.98. The molecule has 16 heavy (non-hydrogen) atoms. The molecule has 1 N–H and O–H groups in total. The molecule has 0 bridgehead atoms. The highest BCUT2D eigenvalue weighted by Crippen LogP contribution is 2.21. The zero-order valence-electron chi connectivity index (χ0n) is 10.3. The van der Waals surface area contributed by atoms with Crippen LogP contribution < -0.4 is 0 Å². The normalized spacial score (nSPS) is 26.5. The van der Waals surface area contributed by atoms with Gasteiger partial charge in [-0.05, 0) is 19.9 Å². The van der Waals surface area contributed by atoms with Gasteiger partial charge < -0.3 is 14.7 Å². The molecule has 2 unspecified atom stereocenters. The number of hydrogen-bond donors (Lipinski definition) is 1. The number of aliphatic hydroxyl groups is 1. The highest BCUT2D eigenvalue weighted by molar-refractivity contribution is 5.69. The van der Waals surface area contributed by atoms with Crippen LogP contribution in [-0.4, -0.2) is 48.8 Å². The molecular weight excluding hydrogens is 206 g/mol. The molecule has 4 heteroatoms. The van der Waals surface area contributed by atoms with Crippen molar-refractivity contribution in [2.45, 2.75) is 50.7 Å². The Bertz CT molecular complexity index is 220. The first kappa shape index (κ1) is 13.5. The summed E-state index contributed by atoms with van der Waals surface area (Å²) in [6, 6.07) is 0.201. The topological polar surface area (TPSA) is 49.8 Å². The molecule has 94 valence electrons. The van der Waals surface area contributed by atoms with E-state index in [4.69, 9.17) is 0 Å². The Morgan fingerprint density at radius 1 is 1.38 bits per heavy atom. The molecule has 1 saturated carbocycles. The van der Waals surface area contributed by atoms with E-state index in [0.717, 1.165) is 19.3 Å². The number of nitrogens with zero attached hydrogens (tertiary/aromatic N) is 1. The quantitative estimate of drug-likeness (QED) is 0.581. The van der Waals surface area contributed by atoms with Gasteiger partial charge in [0.25, 0.3) is 0 Å². The number of methoxy groups -OCH3 is 1. The zero-order chi connectivity index (χ0) is 12.0. The predicted molar refractivity (Wildman–Crippen MR) is 62.1 cm³/mol. The van der Waals surface area contributed by atoms with E-state index in [-0.39, 0.29) is 18.1 Å². The van der Waals surface area contributed by atoms with Gasteiger partial charge in [0.2, 0.25) is 0 Å². The molecular formula is C12H23NO3. The molecule has 1 fully saturated rings.